The highest BCUT2D eigenvalue weighted by molar-refractivity contribution is 5.69. The molecule has 0 amide bonds. The van der Waals surface area contributed by atoms with Crippen molar-refractivity contribution in [2.75, 3.05) is 19.8 Å². The molecule has 0 saturated carbocycles. The molecule has 23 heavy (non-hydrogen) atoms. The van der Waals surface area contributed by atoms with Crippen molar-refractivity contribution in [1.29, 1.82) is 0 Å². The van der Waals surface area contributed by atoms with E-state index < -0.39 is 0 Å². The van der Waals surface area contributed by atoms with E-state index in [1.54, 1.807) is 0 Å². The van der Waals surface area contributed by atoms with Crippen LogP contribution in [0.3, 0.4) is 0 Å². The Morgan fingerprint density at radius 3 is 2.30 bits per heavy atom. The van der Waals surface area contributed by atoms with Gasteiger partial charge in [0.25, 0.3) is 0 Å². The van der Waals surface area contributed by atoms with Crippen molar-refractivity contribution in [2.24, 2.45) is 0 Å². The number of hydrogen-bond donors (Lipinski definition) is 0. The van der Waals surface area contributed by atoms with Crippen LogP contribution in [0.15, 0.2) is 0 Å². The average molecular weight is 328 g/mol. The van der Waals surface area contributed by atoms with Gasteiger partial charge < -0.3 is 18.9 Å². The van der Waals surface area contributed by atoms with Crippen molar-refractivity contribution < 1.29 is 23.7 Å². The van der Waals surface area contributed by atoms with Gasteiger partial charge in [-0.2, -0.15) is 0 Å². The normalized spacial score (nSPS) is 29.7. The van der Waals surface area contributed by atoms with Crippen LogP contribution in [0, 0.1) is 0 Å². The molecule has 2 aliphatic rings. The lowest BCUT2D eigenvalue weighted by Crippen LogP contribution is -2.35. The van der Waals surface area contributed by atoms with Crippen LogP contribution in [0.25, 0.3) is 0 Å². The molecule has 0 radical (unpaired) electrons. The number of hydrogen-bond acceptors (Lipinski definition) is 5. The smallest absolute Gasteiger partial charge is 0.306 e. The first kappa shape index (κ1) is 18.7. The summed E-state index contributed by atoms with van der Waals surface area (Å²) in [7, 11) is 0. The predicted molar refractivity (Wildman–Crippen MR) is 87.4 cm³/mol. The Morgan fingerprint density at radius 1 is 0.913 bits per heavy atom. The second-order valence-corrected chi connectivity index (χ2v) is 6.55. The maximum Gasteiger partial charge on any atom is 0.306 e. The van der Waals surface area contributed by atoms with Crippen LogP contribution < -0.4 is 0 Å². The molecule has 2 rings (SSSR count). The fourth-order valence-corrected chi connectivity index (χ4v) is 3.18. The molecule has 4 atom stereocenters. The third-order valence-corrected chi connectivity index (χ3v) is 4.56. The third-order valence-electron chi connectivity index (χ3n) is 4.56. The van der Waals surface area contributed by atoms with Crippen LogP contribution >= 0.6 is 0 Å². The van der Waals surface area contributed by atoms with Crippen LogP contribution in [-0.2, 0) is 23.7 Å². The highest BCUT2D eigenvalue weighted by Crippen LogP contribution is 2.31. The Kier molecular flexibility index (Phi) is 8.34. The minimum Gasteiger partial charge on any atom is -0.457 e. The van der Waals surface area contributed by atoms with E-state index in [0.717, 1.165) is 25.9 Å². The molecular weight excluding hydrogens is 296 g/mol. The fraction of sp³-hybridized carbons (Fsp3) is 0.944. The van der Waals surface area contributed by atoms with Crippen LogP contribution in [0.4, 0.5) is 0 Å². The van der Waals surface area contributed by atoms with Gasteiger partial charge in [0.15, 0.2) is 6.10 Å². The van der Waals surface area contributed by atoms with E-state index in [1.807, 2.05) is 0 Å². The predicted octanol–water partition coefficient (Wildman–Crippen LogP) is 3.24. The first-order valence-corrected chi connectivity index (χ1v) is 9.30. The van der Waals surface area contributed by atoms with E-state index in [-0.39, 0.29) is 30.4 Å². The van der Waals surface area contributed by atoms with Crippen LogP contribution in [-0.4, -0.2) is 50.2 Å². The van der Waals surface area contributed by atoms with Gasteiger partial charge in [0.05, 0.1) is 13.2 Å². The minimum absolute atomic E-state index is 0.0230. The monoisotopic (exact) mass is 328 g/mol. The number of ether oxygens (including phenoxy) is 4. The zero-order chi connectivity index (χ0) is 16.5. The van der Waals surface area contributed by atoms with Crippen LogP contribution in [0.1, 0.15) is 65.2 Å². The van der Waals surface area contributed by atoms with Gasteiger partial charge in [0.2, 0.25) is 0 Å². The molecule has 0 aromatic carbocycles. The van der Waals surface area contributed by atoms with Crippen LogP contribution in [0.2, 0.25) is 0 Å². The summed E-state index contributed by atoms with van der Waals surface area (Å²) < 4.78 is 23.0. The number of esters is 1. The van der Waals surface area contributed by atoms with Crippen LogP contribution in [0.5, 0.6) is 0 Å². The SMILES string of the molecule is CCCCCCC(=O)O[C@@H]1COC2C1OC[C@H]2OCCCCC. The average Bonchev–Trinajstić information content (AvgIpc) is 3.12. The summed E-state index contributed by atoms with van der Waals surface area (Å²) in [6.45, 7) is 6.04. The van der Waals surface area contributed by atoms with Crippen molar-refractivity contribution in [2.45, 2.75) is 89.6 Å². The number of rotatable bonds is 11. The maximum absolute atomic E-state index is 11.9. The summed E-state index contributed by atoms with van der Waals surface area (Å²) in [6, 6.07) is 0. The van der Waals surface area contributed by atoms with Crippen molar-refractivity contribution >= 4 is 5.97 Å². The maximum atomic E-state index is 11.9. The lowest BCUT2D eigenvalue weighted by atomic mass is 10.1. The molecule has 5 heteroatoms. The Morgan fingerprint density at radius 2 is 1.57 bits per heavy atom. The zero-order valence-electron chi connectivity index (χ0n) is 14.6. The summed E-state index contributed by atoms with van der Waals surface area (Å²) in [5.41, 5.74) is 0. The Bertz CT molecular complexity index is 346. The Balaban J connectivity index is 1.66. The van der Waals surface area contributed by atoms with Gasteiger partial charge in [-0.1, -0.05) is 46.0 Å². The molecule has 0 aliphatic carbocycles. The van der Waals surface area contributed by atoms with Gasteiger partial charge in [0, 0.05) is 13.0 Å². The molecule has 2 aliphatic heterocycles. The first-order valence-electron chi connectivity index (χ1n) is 9.30. The molecule has 2 heterocycles. The zero-order valence-corrected chi connectivity index (χ0v) is 14.6. The highest BCUT2D eigenvalue weighted by Gasteiger charge is 2.49. The van der Waals surface area contributed by atoms with Gasteiger partial charge in [-0.15, -0.1) is 0 Å². The largest absolute Gasteiger partial charge is 0.457 e. The second-order valence-electron chi connectivity index (χ2n) is 6.55. The van der Waals surface area contributed by atoms with Gasteiger partial charge in [-0.25, -0.2) is 0 Å². The van der Waals surface area contributed by atoms with Crippen molar-refractivity contribution in [3.63, 3.8) is 0 Å². The van der Waals surface area contributed by atoms with E-state index in [2.05, 4.69) is 13.8 Å². The summed E-state index contributed by atoms with van der Waals surface area (Å²) >= 11 is 0. The molecular formula is C18H32O5. The third kappa shape index (κ3) is 5.73. The van der Waals surface area contributed by atoms with Crippen molar-refractivity contribution in [3.8, 4) is 0 Å². The van der Waals surface area contributed by atoms with E-state index in [4.69, 9.17) is 18.9 Å². The lowest BCUT2D eigenvalue weighted by Gasteiger charge is -2.17. The second kappa shape index (κ2) is 10.3. The van der Waals surface area contributed by atoms with E-state index in [0.29, 0.717) is 19.6 Å². The van der Waals surface area contributed by atoms with Crippen molar-refractivity contribution in [3.05, 3.63) is 0 Å². The quantitative estimate of drug-likeness (QED) is 0.430. The number of carbonyl (C=O) groups is 1. The standard InChI is InChI=1S/C18H32O5/c1-3-5-7-8-10-16(19)23-15-13-22-17-14(12-21-18(15)17)20-11-9-6-4-2/h14-15,17-18H,3-13H2,1-2H3/t14-,15-,17?,18?/m1/s1. The van der Waals surface area contributed by atoms with E-state index in [1.165, 1.54) is 25.7 Å². The summed E-state index contributed by atoms with van der Waals surface area (Å²) in [4.78, 5) is 11.9. The topological polar surface area (TPSA) is 54.0 Å². The van der Waals surface area contributed by atoms with E-state index >= 15 is 0 Å². The number of carbonyl (C=O) groups excluding carboxylic acids is 1. The van der Waals surface area contributed by atoms with Gasteiger partial charge in [0.1, 0.15) is 18.3 Å². The molecule has 0 aromatic heterocycles. The Hall–Kier alpha value is -0.650. The van der Waals surface area contributed by atoms with E-state index in [9.17, 15) is 4.79 Å². The first-order chi connectivity index (χ1) is 11.3. The lowest BCUT2D eigenvalue weighted by molar-refractivity contribution is -0.154. The number of unbranched alkanes of at least 4 members (excludes halogenated alkanes) is 5. The molecule has 0 N–H and O–H groups in total. The highest BCUT2D eigenvalue weighted by atomic mass is 16.7. The molecule has 5 nitrogen and oxygen atoms in total. The van der Waals surface area contributed by atoms with Gasteiger partial charge in [-0.05, 0) is 12.8 Å². The number of fused-ring (bicyclic) bond motifs is 1. The molecule has 2 saturated heterocycles. The minimum atomic E-state index is -0.275. The summed E-state index contributed by atoms with van der Waals surface area (Å²) in [6.07, 6.45) is 7.71. The Labute approximate surface area is 140 Å². The molecule has 2 unspecified atom stereocenters. The summed E-state index contributed by atoms with van der Waals surface area (Å²) in [5, 5.41) is 0. The fourth-order valence-electron chi connectivity index (χ4n) is 3.18. The molecule has 134 valence electrons. The molecule has 0 spiro atoms. The van der Waals surface area contributed by atoms with Gasteiger partial charge in [-0.3, -0.25) is 4.79 Å². The molecule has 0 bridgehead atoms. The molecule has 0 aromatic rings. The van der Waals surface area contributed by atoms with Gasteiger partial charge >= 0.3 is 5.97 Å². The summed E-state index contributed by atoms with van der Waals surface area (Å²) in [5.74, 6) is -0.133. The van der Waals surface area contributed by atoms with Crippen molar-refractivity contribution in [1.82, 2.24) is 0 Å². The molecule has 2 fully saturated rings.